The van der Waals surface area contributed by atoms with Crippen LogP contribution in [0.1, 0.15) is 0 Å². The van der Waals surface area contributed by atoms with E-state index in [1.807, 2.05) is 0 Å². The van der Waals surface area contributed by atoms with Crippen LogP contribution in [0.4, 0.5) is 41.9 Å². The number of rotatable bonds is 11. The number of para-hydroxylation sites is 3. The first-order valence-corrected chi connectivity index (χ1v) is 13.3. The van der Waals surface area contributed by atoms with Gasteiger partial charge in [-0.1, -0.05) is 66.7 Å². The van der Waals surface area contributed by atoms with E-state index in [1.54, 1.807) is 109 Å². The molecule has 0 radical (unpaired) electrons. The summed E-state index contributed by atoms with van der Waals surface area (Å²) < 4.78 is 21.7. The van der Waals surface area contributed by atoms with E-state index in [2.05, 4.69) is 33.4 Å². The van der Waals surface area contributed by atoms with Crippen molar-refractivity contribution in [2.24, 2.45) is 0 Å². The Balaban J connectivity index is 1.49. The number of hydrogen-bond donors (Lipinski definition) is 4. The third kappa shape index (κ3) is 10.6. The SMILES string of the molecule is O=C(Nc1c#cccc1)OCC(OC(=O)Nc1ccccc1)C(COC(=O)Nc1ccccc1)OC(=O)Nc1ccccc1. The lowest BCUT2D eigenvalue weighted by atomic mass is 10.2. The highest BCUT2D eigenvalue weighted by atomic mass is 16.6. The Morgan fingerprint density at radius 2 is 0.932 bits per heavy atom. The summed E-state index contributed by atoms with van der Waals surface area (Å²) in [6, 6.07) is 35.6. The molecule has 0 saturated carbocycles. The van der Waals surface area contributed by atoms with Crippen molar-refractivity contribution in [2.75, 3.05) is 34.5 Å². The van der Waals surface area contributed by atoms with Crippen molar-refractivity contribution in [2.45, 2.75) is 12.2 Å². The Morgan fingerprint density at radius 1 is 0.523 bits per heavy atom. The smallest absolute Gasteiger partial charge is 0.412 e. The van der Waals surface area contributed by atoms with Gasteiger partial charge in [-0.05, 0) is 54.6 Å². The predicted octanol–water partition coefficient (Wildman–Crippen LogP) is 6.32. The van der Waals surface area contributed by atoms with Crippen molar-refractivity contribution in [3.05, 3.63) is 121 Å². The Morgan fingerprint density at radius 3 is 1.34 bits per heavy atom. The molecule has 2 unspecified atom stereocenters. The highest BCUT2D eigenvalue weighted by Gasteiger charge is 2.32. The first-order chi connectivity index (χ1) is 21.4. The molecule has 4 N–H and O–H groups in total. The molecule has 4 aromatic rings. The maximum atomic E-state index is 12.8. The van der Waals surface area contributed by atoms with Crippen molar-refractivity contribution in [3.63, 3.8) is 0 Å². The van der Waals surface area contributed by atoms with Gasteiger partial charge in [-0.15, -0.1) is 0 Å². The minimum Gasteiger partial charge on any atom is -0.445 e. The topological polar surface area (TPSA) is 153 Å². The van der Waals surface area contributed by atoms with Crippen molar-refractivity contribution >= 4 is 47.1 Å². The van der Waals surface area contributed by atoms with Gasteiger partial charge in [0.1, 0.15) is 13.2 Å². The van der Waals surface area contributed by atoms with E-state index in [-0.39, 0.29) is 5.69 Å². The van der Waals surface area contributed by atoms with Crippen LogP contribution in [-0.2, 0) is 18.9 Å². The van der Waals surface area contributed by atoms with Crippen LogP contribution < -0.4 is 21.3 Å². The summed E-state index contributed by atoms with van der Waals surface area (Å²) >= 11 is 0. The number of hydrogen-bond acceptors (Lipinski definition) is 8. The minimum absolute atomic E-state index is 0.285. The fraction of sp³-hybridized carbons (Fsp3) is 0.125. The second-order valence-corrected chi connectivity index (χ2v) is 8.89. The molecule has 224 valence electrons. The summed E-state index contributed by atoms with van der Waals surface area (Å²) in [5, 5.41) is 10.1. The molecule has 12 heteroatoms. The largest absolute Gasteiger partial charge is 0.445 e. The van der Waals surface area contributed by atoms with E-state index in [9.17, 15) is 19.2 Å². The number of amides is 4. The van der Waals surface area contributed by atoms with E-state index in [0.717, 1.165) is 0 Å². The predicted molar refractivity (Wildman–Crippen MR) is 161 cm³/mol. The Labute approximate surface area is 253 Å². The highest BCUT2D eigenvalue weighted by Crippen LogP contribution is 2.15. The maximum absolute atomic E-state index is 12.8. The Hall–Kier alpha value is -6.22. The summed E-state index contributed by atoms with van der Waals surface area (Å²) in [4.78, 5) is 50.7. The van der Waals surface area contributed by atoms with Gasteiger partial charge in [0, 0.05) is 17.1 Å². The van der Waals surface area contributed by atoms with Gasteiger partial charge in [0.2, 0.25) is 0 Å². The van der Waals surface area contributed by atoms with Crippen LogP contribution in [0.5, 0.6) is 0 Å². The van der Waals surface area contributed by atoms with E-state index in [0.29, 0.717) is 17.1 Å². The van der Waals surface area contributed by atoms with Crippen LogP contribution in [0.3, 0.4) is 0 Å². The molecule has 0 heterocycles. The van der Waals surface area contributed by atoms with E-state index < -0.39 is 49.8 Å². The zero-order valence-electron chi connectivity index (χ0n) is 23.2. The quantitative estimate of drug-likeness (QED) is 0.147. The molecule has 0 aliphatic rings. The molecular formula is C32H28N4O8. The molecule has 0 aliphatic heterocycles. The van der Waals surface area contributed by atoms with Gasteiger partial charge >= 0.3 is 24.4 Å². The molecule has 0 bridgehead atoms. The standard InChI is InChI=1S/C32H28N4O8/c37-29(33-23-13-5-1-6-14-23)41-21-27(43-31(39)35-25-17-9-3-10-18-25)28(44-32(40)36-26-19-11-4-12-20-26)22-42-30(38)34-24-15-7-2-8-16-24/h1-7,9-15,17-20,27-28H,21-22H2,(H,33,37)(H,34,38)(H,35,39)(H,36,40). The van der Waals surface area contributed by atoms with Gasteiger partial charge in [-0.3, -0.25) is 21.3 Å². The summed E-state index contributed by atoms with van der Waals surface area (Å²) in [5.41, 5.74) is 1.59. The number of benzene rings is 3. The zero-order chi connectivity index (χ0) is 31.0. The lowest BCUT2D eigenvalue weighted by molar-refractivity contribution is -0.0499. The fourth-order valence-corrected chi connectivity index (χ4v) is 3.61. The lowest BCUT2D eigenvalue weighted by Gasteiger charge is -2.26. The zero-order valence-corrected chi connectivity index (χ0v) is 23.2. The van der Waals surface area contributed by atoms with Crippen LogP contribution in [0.25, 0.3) is 0 Å². The van der Waals surface area contributed by atoms with E-state index in [1.165, 1.54) is 0 Å². The van der Waals surface area contributed by atoms with Gasteiger partial charge in [-0.25, -0.2) is 19.2 Å². The molecule has 4 amide bonds. The third-order valence-corrected chi connectivity index (χ3v) is 5.64. The number of ether oxygens (including phenoxy) is 4. The minimum atomic E-state index is -1.43. The molecule has 4 rings (SSSR count). The number of nitrogens with one attached hydrogen (secondary N) is 4. The van der Waals surface area contributed by atoms with E-state index >= 15 is 0 Å². The molecule has 0 aromatic heterocycles. The van der Waals surface area contributed by atoms with Gasteiger partial charge < -0.3 is 18.9 Å². The van der Waals surface area contributed by atoms with Crippen LogP contribution in [0.2, 0.25) is 0 Å². The normalized spacial score (nSPS) is 11.4. The average Bonchev–Trinajstić information content (AvgIpc) is 3.03. The molecule has 12 nitrogen and oxygen atoms in total. The fourth-order valence-electron chi connectivity index (χ4n) is 3.61. The summed E-state index contributed by atoms with van der Waals surface area (Å²) in [6.45, 7) is -1.16. The van der Waals surface area contributed by atoms with Crippen molar-refractivity contribution < 1.29 is 38.1 Å². The van der Waals surface area contributed by atoms with Gasteiger partial charge in [0.05, 0.1) is 5.69 Å². The number of anilines is 4. The summed E-state index contributed by atoms with van der Waals surface area (Å²) in [5.74, 6) is 0. The van der Waals surface area contributed by atoms with Gasteiger partial charge in [0.15, 0.2) is 12.2 Å². The first kappa shape index (κ1) is 30.7. The monoisotopic (exact) mass is 596 g/mol. The molecule has 2 atom stereocenters. The summed E-state index contributed by atoms with van der Waals surface area (Å²) in [6.07, 6.45) is -6.51. The van der Waals surface area contributed by atoms with Crippen LogP contribution >= 0.6 is 0 Å². The molecule has 0 saturated heterocycles. The van der Waals surface area contributed by atoms with Crippen LogP contribution in [0.15, 0.2) is 109 Å². The molecule has 0 fully saturated rings. The average molecular weight is 597 g/mol. The first-order valence-electron chi connectivity index (χ1n) is 13.3. The molecular weight excluding hydrogens is 568 g/mol. The Bertz CT molecular complexity index is 1380. The Kier molecular flexibility index (Phi) is 11.4. The van der Waals surface area contributed by atoms with Crippen molar-refractivity contribution in [1.29, 1.82) is 0 Å². The van der Waals surface area contributed by atoms with Crippen molar-refractivity contribution in [1.82, 2.24) is 0 Å². The van der Waals surface area contributed by atoms with Crippen LogP contribution in [0, 0.1) is 12.1 Å². The number of carbonyl (C=O) groups is 4. The second-order valence-electron chi connectivity index (χ2n) is 8.89. The summed E-state index contributed by atoms with van der Waals surface area (Å²) in [7, 11) is 0. The van der Waals surface area contributed by atoms with Gasteiger partial charge in [0.25, 0.3) is 0 Å². The molecule has 44 heavy (non-hydrogen) atoms. The highest BCUT2D eigenvalue weighted by molar-refractivity contribution is 5.87. The molecule has 0 spiro atoms. The van der Waals surface area contributed by atoms with Crippen molar-refractivity contribution in [3.8, 4) is 0 Å². The van der Waals surface area contributed by atoms with Crippen LogP contribution in [-0.4, -0.2) is 49.8 Å². The number of carbonyl (C=O) groups excluding carboxylic acids is 4. The van der Waals surface area contributed by atoms with Gasteiger partial charge in [-0.2, -0.15) is 0 Å². The third-order valence-electron chi connectivity index (χ3n) is 5.64. The molecule has 0 aliphatic carbocycles. The maximum Gasteiger partial charge on any atom is 0.412 e. The second kappa shape index (κ2) is 16.3. The van der Waals surface area contributed by atoms with E-state index in [4.69, 9.17) is 18.9 Å². The lowest BCUT2D eigenvalue weighted by Crippen LogP contribution is -2.44. The molecule has 4 aromatic carbocycles.